The van der Waals surface area contributed by atoms with E-state index in [1.54, 1.807) is 38.1 Å². The fourth-order valence-electron chi connectivity index (χ4n) is 5.03. The Balaban J connectivity index is 1.69. The maximum absolute atomic E-state index is 15.7. The van der Waals surface area contributed by atoms with Gasteiger partial charge in [0.15, 0.2) is 0 Å². The normalized spacial score (nSPS) is 29.6. The van der Waals surface area contributed by atoms with Gasteiger partial charge in [-0.1, -0.05) is 24.3 Å². The molecule has 0 radical (unpaired) electrons. The van der Waals surface area contributed by atoms with Crippen LogP contribution in [-0.2, 0) is 19.1 Å². The first-order valence-electron chi connectivity index (χ1n) is 11.2. The van der Waals surface area contributed by atoms with E-state index in [0.29, 0.717) is 11.1 Å². The second-order valence-electron chi connectivity index (χ2n) is 8.57. The molecule has 2 N–H and O–H groups in total. The number of hydrogen-bond acceptors (Lipinski definition) is 6. The van der Waals surface area contributed by atoms with Gasteiger partial charge in [-0.2, -0.15) is 0 Å². The Kier molecular flexibility index (Phi) is 6.70. The highest BCUT2D eigenvalue weighted by molar-refractivity contribution is 8.00. The van der Waals surface area contributed by atoms with Gasteiger partial charge in [-0.3, -0.25) is 0 Å². The molecule has 2 fully saturated rings. The van der Waals surface area contributed by atoms with Gasteiger partial charge in [-0.15, -0.1) is 11.8 Å². The van der Waals surface area contributed by atoms with Gasteiger partial charge >= 0.3 is 11.9 Å². The zero-order valence-electron chi connectivity index (χ0n) is 18.8. The lowest BCUT2D eigenvalue weighted by Gasteiger charge is -2.35. The maximum atomic E-state index is 15.7. The van der Waals surface area contributed by atoms with Crippen molar-refractivity contribution < 1.29 is 32.2 Å². The molecule has 2 saturated carbocycles. The van der Waals surface area contributed by atoms with Crippen LogP contribution >= 0.6 is 11.8 Å². The summed E-state index contributed by atoms with van der Waals surface area (Å²) in [5.74, 6) is -4.46. The number of rotatable bonds is 8. The lowest BCUT2D eigenvalue weighted by Crippen LogP contribution is -2.59. The van der Waals surface area contributed by atoms with Crippen molar-refractivity contribution in [2.45, 2.75) is 42.0 Å². The number of esters is 2. The van der Waals surface area contributed by atoms with Crippen molar-refractivity contribution in [3.05, 3.63) is 71.3 Å². The number of alkyl halides is 1. The average molecular weight is 494 g/mol. The third kappa shape index (κ3) is 3.98. The van der Waals surface area contributed by atoms with E-state index in [1.807, 2.05) is 0 Å². The predicted molar refractivity (Wildman–Crippen MR) is 122 cm³/mol. The molecule has 4 rings (SSSR count). The largest absolute Gasteiger partial charge is 0.465 e. The van der Waals surface area contributed by atoms with Gasteiger partial charge in [0.1, 0.15) is 17.2 Å². The van der Waals surface area contributed by atoms with Crippen LogP contribution < -0.4 is 5.73 Å². The molecule has 0 spiro atoms. The molecule has 2 aliphatic carbocycles. The molecule has 0 amide bonds. The molecule has 0 saturated heterocycles. The molecule has 5 nitrogen and oxygen atoms in total. The van der Waals surface area contributed by atoms with E-state index < -0.39 is 57.1 Å². The summed E-state index contributed by atoms with van der Waals surface area (Å²) >= 11 is 1.30. The molecule has 2 aliphatic rings. The Labute approximate surface area is 200 Å². The molecule has 5 atom stereocenters. The number of fused-ring (bicyclic) bond motifs is 1. The summed E-state index contributed by atoms with van der Waals surface area (Å²) in [5, 5.41) is -1.06. The third-order valence-corrected chi connectivity index (χ3v) is 8.39. The van der Waals surface area contributed by atoms with Crippen molar-refractivity contribution in [2.24, 2.45) is 17.6 Å². The number of nitrogens with two attached hydrogens (primary N) is 1. The second kappa shape index (κ2) is 9.26. The van der Waals surface area contributed by atoms with Crippen molar-refractivity contribution in [1.29, 1.82) is 0 Å². The van der Waals surface area contributed by atoms with Crippen LogP contribution in [0.25, 0.3) is 0 Å². The molecule has 0 bridgehead atoms. The SMILES string of the molecule is CCOC(=O)[C@@]1(N)[C@H]2[C@@H](C[C@H]1SC(c1ccc(F)cc1)c1ccc(F)cc1)[C@]2(F)C(=O)OCC. The molecule has 9 heteroatoms. The summed E-state index contributed by atoms with van der Waals surface area (Å²) in [7, 11) is 0. The van der Waals surface area contributed by atoms with Gasteiger partial charge in [0, 0.05) is 17.1 Å². The zero-order chi connectivity index (χ0) is 24.7. The number of carbonyl (C=O) groups excluding carboxylic acids is 2. The van der Waals surface area contributed by atoms with Gasteiger partial charge in [-0.25, -0.2) is 22.8 Å². The van der Waals surface area contributed by atoms with Crippen LogP contribution in [0.3, 0.4) is 0 Å². The van der Waals surface area contributed by atoms with Crippen LogP contribution in [0.1, 0.15) is 36.6 Å². The molecule has 182 valence electrons. The first kappa shape index (κ1) is 24.6. The molecular formula is C25H26F3NO4S. The minimum absolute atomic E-state index is 0.0102. The molecule has 34 heavy (non-hydrogen) atoms. The minimum atomic E-state index is -2.34. The van der Waals surface area contributed by atoms with E-state index in [0.717, 1.165) is 0 Å². The number of hydrogen-bond donors (Lipinski definition) is 1. The van der Waals surface area contributed by atoms with E-state index in [1.165, 1.54) is 36.0 Å². The number of benzene rings is 2. The van der Waals surface area contributed by atoms with Gasteiger partial charge in [0.05, 0.1) is 18.5 Å². The van der Waals surface area contributed by atoms with Crippen LogP contribution in [0, 0.1) is 23.5 Å². The van der Waals surface area contributed by atoms with E-state index >= 15 is 4.39 Å². The molecule has 0 aliphatic heterocycles. The van der Waals surface area contributed by atoms with E-state index in [-0.39, 0.29) is 19.6 Å². The smallest absolute Gasteiger partial charge is 0.344 e. The highest BCUT2D eigenvalue weighted by Crippen LogP contribution is 2.70. The summed E-state index contributed by atoms with van der Waals surface area (Å²) in [6.07, 6.45) is 0.152. The summed E-state index contributed by atoms with van der Waals surface area (Å²) in [6, 6.07) is 11.7. The quantitative estimate of drug-likeness (QED) is 0.552. The number of thioether (sulfide) groups is 1. The molecule has 0 unspecified atom stereocenters. The summed E-state index contributed by atoms with van der Waals surface area (Å²) in [5.41, 5.74) is 3.93. The zero-order valence-corrected chi connectivity index (χ0v) is 19.6. The van der Waals surface area contributed by atoms with Crippen molar-refractivity contribution in [1.82, 2.24) is 0 Å². The van der Waals surface area contributed by atoms with E-state index in [2.05, 4.69) is 0 Å². The Hall–Kier alpha value is -2.52. The van der Waals surface area contributed by atoms with Crippen molar-refractivity contribution >= 4 is 23.7 Å². The summed E-state index contributed by atoms with van der Waals surface area (Å²) in [6.45, 7) is 3.26. The van der Waals surface area contributed by atoms with Crippen LogP contribution in [0.5, 0.6) is 0 Å². The average Bonchev–Trinajstić information content (AvgIpc) is 3.29. The lowest BCUT2D eigenvalue weighted by atomic mass is 9.90. The Morgan fingerprint density at radius 3 is 1.91 bits per heavy atom. The van der Waals surface area contributed by atoms with Crippen molar-refractivity contribution in [3.8, 4) is 0 Å². The standard InChI is InChI=1S/C25H26F3NO4S/c1-3-32-22(30)24(28)18-13-19(25(29,21(18)24)23(31)33-4-2)34-20(14-5-9-16(26)10-6-14)15-7-11-17(27)12-8-15/h5-12,18-21H,3-4,13,29H2,1-2H3/t18-,19-,21+,24-,25+/m1/s1. The number of halogens is 3. The van der Waals surface area contributed by atoms with Gasteiger partial charge in [-0.05, 0) is 55.7 Å². The van der Waals surface area contributed by atoms with E-state index in [4.69, 9.17) is 15.2 Å². The predicted octanol–water partition coefficient (Wildman–Crippen LogP) is 4.34. The van der Waals surface area contributed by atoms with Gasteiger partial charge < -0.3 is 15.2 Å². The first-order valence-corrected chi connectivity index (χ1v) is 12.1. The van der Waals surface area contributed by atoms with Crippen LogP contribution in [-0.4, -0.2) is 41.6 Å². The van der Waals surface area contributed by atoms with Crippen LogP contribution in [0.4, 0.5) is 13.2 Å². The third-order valence-electron chi connectivity index (χ3n) is 6.66. The first-order chi connectivity index (χ1) is 16.2. The van der Waals surface area contributed by atoms with E-state index in [9.17, 15) is 18.4 Å². The molecule has 0 heterocycles. The van der Waals surface area contributed by atoms with Crippen molar-refractivity contribution in [3.63, 3.8) is 0 Å². The molecule has 0 aromatic heterocycles. The Morgan fingerprint density at radius 2 is 1.44 bits per heavy atom. The van der Waals surface area contributed by atoms with Gasteiger partial charge in [0.25, 0.3) is 0 Å². The maximum Gasteiger partial charge on any atom is 0.344 e. The van der Waals surface area contributed by atoms with Crippen LogP contribution in [0.15, 0.2) is 48.5 Å². The van der Waals surface area contributed by atoms with Gasteiger partial charge in [0.2, 0.25) is 5.67 Å². The number of ether oxygens (including phenoxy) is 2. The lowest BCUT2D eigenvalue weighted by molar-refractivity contribution is -0.156. The Morgan fingerprint density at radius 1 is 0.971 bits per heavy atom. The minimum Gasteiger partial charge on any atom is -0.465 e. The fourth-order valence-corrected chi connectivity index (χ4v) is 6.77. The highest BCUT2D eigenvalue weighted by atomic mass is 32.2. The molecule has 2 aromatic rings. The summed E-state index contributed by atoms with van der Waals surface area (Å²) < 4.78 is 53.0. The number of carbonyl (C=O) groups is 2. The highest BCUT2D eigenvalue weighted by Gasteiger charge is 2.85. The monoisotopic (exact) mass is 493 g/mol. The topological polar surface area (TPSA) is 78.6 Å². The fraction of sp³-hybridized carbons (Fsp3) is 0.440. The Bertz CT molecular complexity index is 1020. The molecule has 2 aromatic carbocycles. The second-order valence-corrected chi connectivity index (χ2v) is 9.88. The molecular weight excluding hydrogens is 467 g/mol. The van der Waals surface area contributed by atoms with Crippen LogP contribution in [0.2, 0.25) is 0 Å². The summed E-state index contributed by atoms with van der Waals surface area (Å²) in [4.78, 5) is 25.4. The van der Waals surface area contributed by atoms with Crippen molar-refractivity contribution in [2.75, 3.05) is 13.2 Å².